The Hall–Kier alpha value is -1.99. The van der Waals surface area contributed by atoms with Crippen LogP contribution in [0.2, 0.25) is 5.02 Å². The Morgan fingerprint density at radius 3 is 2.74 bits per heavy atom. The molecule has 0 radical (unpaired) electrons. The van der Waals surface area contributed by atoms with Gasteiger partial charge in [-0.05, 0) is 39.0 Å². The van der Waals surface area contributed by atoms with E-state index in [1.165, 1.54) is 0 Å². The molecule has 1 aromatic heterocycles. The number of aromatic nitrogens is 1. The normalized spacial score (nSPS) is 11.9. The van der Waals surface area contributed by atoms with Crippen LogP contribution < -0.4 is 5.32 Å². The van der Waals surface area contributed by atoms with Crippen molar-refractivity contribution in [2.75, 3.05) is 5.32 Å². The highest BCUT2D eigenvalue weighted by Gasteiger charge is 2.17. The van der Waals surface area contributed by atoms with Gasteiger partial charge in [-0.1, -0.05) is 16.8 Å². The second-order valence-electron chi connectivity index (χ2n) is 4.41. The van der Waals surface area contributed by atoms with Gasteiger partial charge in [-0.15, -0.1) is 0 Å². The van der Waals surface area contributed by atoms with Crippen LogP contribution in [0.5, 0.6) is 0 Å². The topological polar surface area (TPSA) is 61.9 Å². The summed E-state index contributed by atoms with van der Waals surface area (Å²) in [5.74, 6) is 0.782. The molecular weight excluding hydrogens is 262 g/mol. The Morgan fingerprint density at radius 2 is 2.16 bits per heavy atom. The molecule has 0 amide bonds. The molecule has 1 aromatic carbocycles. The van der Waals surface area contributed by atoms with Crippen LogP contribution >= 0.6 is 11.6 Å². The van der Waals surface area contributed by atoms with Gasteiger partial charge >= 0.3 is 0 Å². The smallest absolute Gasteiger partial charge is 0.139 e. The van der Waals surface area contributed by atoms with Crippen molar-refractivity contribution < 1.29 is 4.52 Å². The number of benzene rings is 1. The summed E-state index contributed by atoms with van der Waals surface area (Å²) in [6.45, 7) is 5.78. The van der Waals surface area contributed by atoms with E-state index in [2.05, 4.69) is 16.5 Å². The van der Waals surface area contributed by atoms with E-state index in [0.717, 1.165) is 22.7 Å². The molecule has 0 bridgehead atoms. The van der Waals surface area contributed by atoms with Crippen LogP contribution in [0.4, 0.5) is 5.69 Å². The highest BCUT2D eigenvalue weighted by molar-refractivity contribution is 6.30. The fraction of sp³-hybridized carbons (Fsp3) is 0.286. The highest BCUT2D eigenvalue weighted by Crippen LogP contribution is 2.27. The molecule has 2 aromatic rings. The van der Waals surface area contributed by atoms with Crippen molar-refractivity contribution in [3.8, 4) is 6.07 Å². The molecule has 1 heterocycles. The van der Waals surface area contributed by atoms with Gasteiger partial charge in [0.1, 0.15) is 11.8 Å². The van der Waals surface area contributed by atoms with Gasteiger partial charge in [0.25, 0.3) is 0 Å². The summed E-state index contributed by atoms with van der Waals surface area (Å²) in [6, 6.07) is 7.33. The largest absolute Gasteiger partial charge is 0.377 e. The van der Waals surface area contributed by atoms with Gasteiger partial charge in [-0.25, -0.2) is 0 Å². The first-order valence-corrected chi connectivity index (χ1v) is 6.29. The molecule has 0 aliphatic rings. The maximum atomic E-state index is 9.12. The first kappa shape index (κ1) is 13.4. The van der Waals surface area contributed by atoms with E-state index in [9.17, 15) is 0 Å². The number of hydrogen-bond acceptors (Lipinski definition) is 4. The van der Waals surface area contributed by atoms with E-state index in [0.29, 0.717) is 10.6 Å². The fourth-order valence-electron chi connectivity index (χ4n) is 2.15. The lowest BCUT2D eigenvalue weighted by molar-refractivity contribution is 0.392. The lowest BCUT2D eigenvalue weighted by atomic mass is 10.1. The zero-order valence-electron chi connectivity index (χ0n) is 11.0. The Labute approximate surface area is 117 Å². The summed E-state index contributed by atoms with van der Waals surface area (Å²) in [7, 11) is 0. The van der Waals surface area contributed by atoms with Gasteiger partial charge < -0.3 is 9.84 Å². The van der Waals surface area contributed by atoms with Gasteiger partial charge in [0.2, 0.25) is 0 Å². The minimum atomic E-state index is -0.000439. The third-order valence-electron chi connectivity index (χ3n) is 3.00. The van der Waals surface area contributed by atoms with Gasteiger partial charge in [0.15, 0.2) is 0 Å². The number of anilines is 1. The van der Waals surface area contributed by atoms with Crippen LogP contribution in [0.1, 0.15) is 35.5 Å². The van der Waals surface area contributed by atoms with Gasteiger partial charge in [-0.3, -0.25) is 0 Å². The van der Waals surface area contributed by atoms with Crippen molar-refractivity contribution in [3.05, 3.63) is 45.8 Å². The fourth-order valence-corrected chi connectivity index (χ4v) is 2.32. The van der Waals surface area contributed by atoms with Crippen LogP contribution in [0.15, 0.2) is 22.7 Å². The first-order chi connectivity index (χ1) is 9.02. The second kappa shape index (κ2) is 5.33. The van der Waals surface area contributed by atoms with Crippen LogP contribution in [-0.2, 0) is 0 Å². The van der Waals surface area contributed by atoms with E-state index in [-0.39, 0.29) is 6.04 Å². The number of aryl methyl sites for hydroxylation is 2. The van der Waals surface area contributed by atoms with Crippen molar-refractivity contribution in [3.63, 3.8) is 0 Å². The molecule has 1 N–H and O–H groups in total. The average molecular weight is 276 g/mol. The number of nitrogens with zero attached hydrogens (tertiary/aromatic N) is 2. The summed E-state index contributed by atoms with van der Waals surface area (Å²) >= 11 is 5.88. The van der Waals surface area contributed by atoms with Crippen molar-refractivity contribution in [1.29, 1.82) is 5.26 Å². The van der Waals surface area contributed by atoms with Crippen LogP contribution in [0, 0.1) is 25.2 Å². The monoisotopic (exact) mass is 275 g/mol. The molecule has 0 saturated heterocycles. The SMILES string of the molecule is Cc1noc(C)c1C(C)Nc1ccc(Cl)cc1C#N. The zero-order chi connectivity index (χ0) is 14.0. The third kappa shape index (κ3) is 2.72. The lowest BCUT2D eigenvalue weighted by Gasteiger charge is -2.16. The number of hydrogen-bond donors (Lipinski definition) is 1. The Kier molecular flexibility index (Phi) is 3.77. The van der Waals surface area contributed by atoms with Crippen LogP contribution in [0.25, 0.3) is 0 Å². The molecule has 0 saturated carbocycles. The van der Waals surface area contributed by atoms with Crippen molar-refractivity contribution in [1.82, 2.24) is 5.16 Å². The maximum absolute atomic E-state index is 9.12. The molecule has 0 spiro atoms. The van der Waals surface area contributed by atoms with E-state index in [4.69, 9.17) is 21.4 Å². The molecule has 5 heteroatoms. The molecule has 2 rings (SSSR count). The van der Waals surface area contributed by atoms with Crippen molar-refractivity contribution in [2.45, 2.75) is 26.8 Å². The van der Waals surface area contributed by atoms with E-state index in [1.54, 1.807) is 18.2 Å². The van der Waals surface area contributed by atoms with Crippen LogP contribution in [-0.4, -0.2) is 5.16 Å². The molecule has 0 aliphatic carbocycles. The highest BCUT2D eigenvalue weighted by atomic mass is 35.5. The first-order valence-electron chi connectivity index (χ1n) is 5.92. The van der Waals surface area contributed by atoms with Gasteiger partial charge in [0.05, 0.1) is 23.0 Å². The summed E-state index contributed by atoms with van der Waals surface area (Å²) in [5, 5.41) is 16.9. The second-order valence-corrected chi connectivity index (χ2v) is 4.84. The quantitative estimate of drug-likeness (QED) is 0.920. The zero-order valence-corrected chi connectivity index (χ0v) is 11.7. The van der Waals surface area contributed by atoms with E-state index in [1.807, 2.05) is 20.8 Å². The van der Waals surface area contributed by atoms with Gasteiger partial charge in [0, 0.05) is 10.6 Å². The lowest BCUT2D eigenvalue weighted by Crippen LogP contribution is -2.09. The Balaban J connectivity index is 2.30. The minimum absolute atomic E-state index is 0.000439. The summed E-state index contributed by atoms with van der Waals surface area (Å²) in [4.78, 5) is 0. The van der Waals surface area contributed by atoms with Crippen molar-refractivity contribution >= 4 is 17.3 Å². The predicted octanol–water partition coefficient (Wildman–Crippen LogP) is 3.99. The molecule has 0 fully saturated rings. The van der Waals surface area contributed by atoms with Crippen LogP contribution in [0.3, 0.4) is 0 Å². The predicted molar refractivity (Wildman–Crippen MR) is 74.2 cm³/mol. The molecule has 1 atom stereocenters. The average Bonchev–Trinajstić information content (AvgIpc) is 2.71. The Bertz CT molecular complexity index is 623. The number of nitrogens with one attached hydrogen (secondary N) is 1. The minimum Gasteiger partial charge on any atom is -0.377 e. The number of halogens is 1. The van der Waals surface area contributed by atoms with E-state index < -0.39 is 0 Å². The molecule has 1 unspecified atom stereocenters. The van der Waals surface area contributed by atoms with E-state index >= 15 is 0 Å². The van der Waals surface area contributed by atoms with Gasteiger partial charge in [-0.2, -0.15) is 5.26 Å². The molecular formula is C14H14ClN3O. The number of nitriles is 1. The molecule has 98 valence electrons. The number of rotatable bonds is 3. The molecule has 0 aliphatic heterocycles. The summed E-state index contributed by atoms with van der Waals surface area (Å²) in [6.07, 6.45) is 0. The third-order valence-corrected chi connectivity index (χ3v) is 3.23. The van der Waals surface area contributed by atoms with Crippen molar-refractivity contribution in [2.24, 2.45) is 0 Å². The summed E-state index contributed by atoms with van der Waals surface area (Å²) < 4.78 is 5.15. The Morgan fingerprint density at radius 1 is 1.42 bits per heavy atom. The summed E-state index contributed by atoms with van der Waals surface area (Å²) in [5.41, 5.74) is 3.13. The maximum Gasteiger partial charge on any atom is 0.139 e. The molecule has 4 nitrogen and oxygen atoms in total. The standard InChI is InChI=1S/C14H14ClN3O/c1-8(14-9(2)18-19-10(14)3)17-13-5-4-12(15)6-11(13)7-16/h4-6,8,17H,1-3H3. The molecule has 19 heavy (non-hydrogen) atoms.